The van der Waals surface area contributed by atoms with Crippen LogP contribution in [-0.4, -0.2) is 32.7 Å². The van der Waals surface area contributed by atoms with Gasteiger partial charge in [-0.05, 0) is 30.4 Å². The normalized spacial score (nSPS) is 11.5. The van der Waals surface area contributed by atoms with Crippen LogP contribution in [0.3, 0.4) is 0 Å². The Bertz CT molecular complexity index is 692. The molecule has 0 N–H and O–H groups in total. The largest absolute Gasteiger partial charge is 0.465 e. The van der Waals surface area contributed by atoms with Crippen LogP contribution in [-0.2, 0) is 14.6 Å². The highest BCUT2D eigenvalue weighted by Gasteiger charge is 2.29. The number of hydrogen-bond acceptors (Lipinski definition) is 6. The zero-order valence-electron chi connectivity index (χ0n) is 13.0. The van der Waals surface area contributed by atoms with Crippen molar-refractivity contribution < 1.29 is 22.9 Å². The number of carbonyl (C=O) groups is 1. The van der Waals surface area contributed by atoms with E-state index < -0.39 is 26.4 Å². The van der Waals surface area contributed by atoms with Crippen molar-refractivity contribution in [3.05, 3.63) is 33.4 Å². The summed E-state index contributed by atoms with van der Waals surface area (Å²) in [6.07, 6.45) is 2.28. The van der Waals surface area contributed by atoms with Gasteiger partial charge in [-0.25, -0.2) is 13.2 Å². The second-order valence-corrected chi connectivity index (χ2v) is 6.93. The average Bonchev–Trinajstić information content (AvgIpc) is 2.45. The number of rotatable bonds is 6. The zero-order valence-corrected chi connectivity index (χ0v) is 13.8. The van der Waals surface area contributed by atoms with E-state index in [-0.39, 0.29) is 16.4 Å². The molecule has 0 bridgehead atoms. The quantitative estimate of drug-likeness (QED) is 0.451. The second-order valence-electron chi connectivity index (χ2n) is 4.94. The van der Waals surface area contributed by atoms with Gasteiger partial charge in [0.25, 0.3) is 5.69 Å². The van der Waals surface area contributed by atoms with Crippen molar-refractivity contribution in [3.8, 4) is 0 Å². The lowest BCUT2D eigenvalue weighted by Crippen LogP contribution is -2.12. The highest BCUT2D eigenvalue weighted by Crippen LogP contribution is 2.34. The van der Waals surface area contributed by atoms with Gasteiger partial charge in [-0.1, -0.05) is 13.8 Å². The van der Waals surface area contributed by atoms with E-state index in [4.69, 9.17) is 0 Å². The molecule has 0 saturated carbocycles. The molecule has 0 saturated heterocycles. The Morgan fingerprint density at radius 1 is 1.32 bits per heavy atom. The van der Waals surface area contributed by atoms with E-state index >= 15 is 0 Å². The molecule has 8 heteroatoms. The Balaban J connectivity index is 3.80. The number of methoxy groups -OCH3 is 1. The summed E-state index contributed by atoms with van der Waals surface area (Å²) < 4.78 is 28.5. The van der Waals surface area contributed by atoms with Crippen LogP contribution in [0.2, 0.25) is 0 Å². The van der Waals surface area contributed by atoms with Crippen LogP contribution in [0.25, 0.3) is 0 Å². The third kappa shape index (κ3) is 3.62. The van der Waals surface area contributed by atoms with Gasteiger partial charge in [0, 0.05) is 12.3 Å². The van der Waals surface area contributed by atoms with Crippen molar-refractivity contribution in [1.82, 2.24) is 0 Å². The monoisotopic (exact) mass is 329 g/mol. The van der Waals surface area contributed by atoms with Gasteiger partial charge in [-0.2, -0.15) is 0 Å². The van der Waals surface area contributed by atoms with Gasteiger partial charge < -0.3 is 4.74 Å². The first-order valence-corrected chi connectivity index (χ1v) is 8.67. The molecule has 22 heavy (non-hydrogen) atoms. The molecule has 0 radical (unpaired) electrons. The van der Waals surface area contributed by atoms with E-state index in [0.717, 1.165) is 19.4 Å². The summed E-state index contributed by atoms with van der Waals surface area (Å²) in [5.41, 5.74) is -0.435. The third-order valence-corrected chi connectivity index (χ3v) is 4.71. The van der Waals surface area contributed by atoms with Crippen molar-refractivity contribution in [1.29, 1.82) is 0 Å². The summed E-state index contributed by atoms with van der Waals surface area (Å²) >= 11 is 0. The Labute approximate surface area is 129 Å². The molecule has 1 aromatic carbocycles. The molecule has 0 unspecified atom stereocenters. The van der Waals surface area contributed by atoms with Crippen LogP contribution in [0.15, 0.2) is 17.0 Å². The predicted molar refractivity (Wildman–Crippen MR) is 80.9 cm³/mol. The SMILES string of the molecule is CCC(CC)c1cc([N+](=O)[O-])c(C(=O)OC)cc1S(C)(=O)=O. The van der Waals surface area contributed by atoms with Gasteiger partial charge in [0.05, 0.1) is 16.9 Å². The van der Waals surface area contributed by atoms with Crippen LogP contribution in [0.5, 0.6) is 0 Å². The summed E-state index contributed by atoms with van der Waals surface area (Å²) in [5, 5.41) is 11.2. The average molecular weight is 329 g/mol. The number of carbonyl (C=O) groups excluding carboxylic acids is 1. The molecule has 7 nitrogen and oxygen atoms in total. The van der Waals surface area contributed by atoms with Crippen LogP contribution in [0.1, 0.15) is 48.5 Å². The van der Waals surface area contributed by atoms with Gasteiger partial charge in [0.2, 0.25) is 0 Å². The first-order valence-electron chi connectivity index (χ1n) is 6.78. The standard InChI is InChI=1S/C14H19NO6S/c1-5-9(6-2)10-7-12(15(17)18)11(14(16)21-3)8-13(10)22(4,19)20/h7-9H,5-6H2,1-4H3. The minimum Gasteiger partial charge on any atom is -0.465 e. The molecule has 0 aliphatic rings. The van der Waals surface area contributed by atoms with Crippen LogP contribution in [0, 0.1) is 10.1 Å². The minimum atomic E-state index is -3.64. The van der Waals surface area contributed by atoms with Crippen LogP contribution >= 0.6 is 0 Å². The van der Waals surface area contributed by atoms with Crippen molar-refractivity contribution in [2.45, 2.75) is 37.5 Å². The summed E-state index contributed by atoms with van der Waals surface area (Å²) in [6, 6.07) is 2.23. The molecule has 0 heterocycles. The van der Waals surface area contributed by atoms with E-state index in [1.807, 2.05) is 13.8 Å². The first-order chi connectivity index (χ1) is 10.2. The van der Waals surface area contributed by atoms with Gasteiger partial charge in [-0.15, -0.1) is 0 Å². The van der Waals surface area contributed by atoms with E-state index in [0.29, 0.717) is 18.4 Å². The maximum absolute atomic E-state index is 12.0. The summed E-state index contributed by atoms with van der Waals surface area (Å²) in [4.78, 5) is 22.2. The zero-order chi connectivity index (χ0) is 17.1. The molecular formula is C14H19NO6S. The van der Waals surface area contributed by atoms with E-state index in [1.165, 1.54) is 6.07 Å². The van der Waals surface area contributed by atoms with E-state index in [2.05, 4.69) is 4.74 Å². The maximum Gasteiger partial charge on any atom is 0.344 e. The number of nitro benzene ring substituents is 1. The van der Waals surface area contributed by atoms with Crippen molar-refractivity contribution >= 4 is 21.5 Å². The number of nitro groups is 1. The summed E-state index contributed by atoms with van der Waals surface area (Å²) in [6.45, 7) is 3.75. The number of ether oxygens (including phenoxy) is 1. The summed E-state index contributed by atoms with van der Waals surface area (Å²) in [7, 11) is -2.55. The molecule has 1 rings (SSSR count). The fourth-order valence-electron chi connectivity index (χ4n) is 2.38. The number of esters is 1. The topological polar surface area (TPSA) is 104 Å². The second kappa shape index (κ2) is 6.87. The van der Waals surface area contributed by atoms with Crippen molar-refractivity contribution in [2.24, 2.45) is 0 Å². The third-order valence-electron chi connectivity index (χ3n) is 3.56. The molecule has 0 amide bonds. The minimum absolute atomic E-state index is 0.0628. The van der Waals surface area contributed by atoms with E-state index in [9.17, 15) is 23.3 Å². The molecule has 0 fully saturated rings. The molecule has 0 aromatic heterocycles. The molecule has 0 aliphatic heterocycles. The molecule has 1 aromatic rings. The Hall–Kier alpha value is -1.96. The number of hydrogen-bond donors (Lipinski definition) is 0. The van der Waals surface area contributed by atoms with Gasteiger partial charge in [0.15, 0.2) is 9.84 Å². The number of sulfone groups is 1. The molecule has 0 spiro atoms. The fourth-order valence-corrected chi connectivity index (χ4v) is 3.36. The first kappa shape index (κ1) is 18.1. The maximum atomic E-state index is 12.0. The molecule has 0 atom stereocenters. The van der Waals surface area contributed by atoms with Gasteiger partial charge >= 0.3 is 5.97 Å². The number of nitrogens with zero attached hydrogens (tertiary/aromatic N) is 1. The van der Waals surface area contributed by atoms with Crippen LogP contribution in [0.4, 0.5) is 5.69 Å². The molecule has 0 aliphatic carbocycles. The van der Waals surface area contributed by atoms with E-state index in [1.54, 1.807) is 0 Å². The van der Waals surface area contributed by atoms with Crippen molar-refractivity contribution in [2.75, 3.05) is 13.4 Å². The Kier molecular flexibility index (Phi) is 5.65. The molecular weight excluding hydrogens is 310 g/mol. The lowest BCUT2D eigenvalue weighted by molar-refractivity contribution is -0.385. The van der Waals surface area contributed by atoms with Crippen LogP contribution < -0.4 is 0 Å². The highest BCUT2D eigenvalue weighted by atomic mass is 32.2. The Morgan fingerprint density at radius 2 is 1.86 bits per heavy atom. The molecule has 122 valence electrons. The smallest absolute Gasteiger partial charge is 0.344 e. The highest BCUT2D eigenvalue weighted by molar-refractivity contribution is 7.90. The lowest BCUT2D eigenvalue weighted by atomic mass is 9.92. The van der Waals surface area contributed by atoms with Crippen molar-refractivity contribution in [3.63, 3.8) is 0 Å². The Morgan fingerprint density at radius 3 is 2.23 bits per heavy atom. The fraction of sp³-hybridized carbons (Fsp3) is 0.500. The number of benzene rings is 1. The predicted octanol–water partition coefficient (Wildman–Crippen LogP) is 2.69. The van der Waals surface area contributed by atoms with Gasteiger partial charge in [-0.3, -0.25) is 10.1 Å². The summed E-state index contributed by atoms with van der Waals surface area (Å²) in [5.74, 6) is -1.08. The lowest BCUT2D eigenvalue weighted by Gasteiger charge is -2.17. The van der Waals surface area contributed by atoms with Gasteiger partial charge in [0.1, 0.15) is 5.56 Å².